The van der Waals surface area contributed by atoms with Crippen molar-refractivity contribution in [1.29, 1.82) is 0 Å². The van der Waals surface area contributed by atoms with Crippen LogP contribution in [0.1, 0.15) is 18.9 Å². The Kier molecular flexibility index (Phi) is 4.50. The number of nitro groups is 1. The highest BCUT2D eigenvalue weighted by Crippen LogP contribution is 2.20. The Bertz CT molecular complexity index is 450. The first-order valence-electron chi connectivity index (χ1n) is 6.70. The van der Waals surface area contributed by atoms with Gasteiger partial charge in [-0.15, -0.1) is 0 Å². The highest BCUT2D eigenvalue weighted by Gasteiger charge is 2.24. The molecule has 0 amide bonds. The van der Waals surface area contributed by atoms with Crippen LogP contribution in [0.3, 0.4) is 0 Å². The first-order valence-corrected chi connectivity index (χ1v) is 6.70. The fourth-order valence-electron chi connectivity index (χ4n) is 2.60. The summed E-state index contributed by atoms with van der Waals surface area (Å²) < 4.78 is 0. The lowest BCUT2D eigenvalue weighted by atomic mass is 9.96. The topological polar surface area (TPSA) is 66.6 Å². The van der Waals surface area contributed by atoms with E-state index in [1.165, 1.54) is 0 Å². The minimum absolute atomic E-state index is 0.201. The lowest BCUT2D eigenvalue weighted by molar-refractivity contribution is -0.385. The third-order valence-corrected chi connectivity index (χ3v) is 3.83. The van der Waals surface area contributed by atoms with Crippen molar-refractivity contribution in [2.75, 3.05) is 19.6 Å². The van der Waals surface area contributed by atoms with Crippen LogP contribution in [0, 0.1) is 16.0 Å². The quantitative estimate of drug-likeness (QED) is 0.665. The van der Waals surface area contributed by atoms with Crippen LogP contribution < -0.4 is 0 Å². The molecule has 104 valence electrons. The van der Waals surface area contributed by atoms with Crippen LogP contribution in [0.4, 0.5) is 5.69 Å². The second-order valence-electron chi connectivity index (χ2n) is 5.27. The molecule has 2 atom stereocenters. The normalized spacial score (nSPS) is 24.3. The van der Waals surface area contributed by atoms with Gasteiger partial charge in [-0.25, -0.2) is 0 Å². The molecule has 1 saturated heterocycles. The molecule has 5 heteroatoms. The fraction of sp³-hybridized carbons (Fsp3) is 0.571. The minimum Gasteiger partial charge on any atom is -0.393 e. The van der Waals surface area contributed by atoms with Crippen molar-refractivity contribution in [3.8, 4) is 0 Å². The van der Waals surface area contributed by atoms with Gasteiger partial charge < -0.3 is 10.0 Å². The number of hydrogen-bond donors (Lipinski definition) is 1. The third-order valence-electron chi connectivity index (χ3n) is 3.83. The van der Waals surface area contributed by atoms with E-state index < -0.39 is 0 Å². The molecule has 2 unspecified atom stereocenters. The number of likely N-dealkylation sites (tertiary alicyclic amines) is 1. The Labute approximate surface area is 113 Å². The van der Waals surface area contributed by atoms with E-state index in [4.69, 9.17) is 0 Å². The maximum Gasteiger partial charge on any atom is 0.272 e. The molecule has 19 heavy (non-hydrogen) atoms. The van der Waals surface area contributed by atoms with E-state index >= 15 is 0 Å². The number of para-hydroxylation sites is 1. The van der Waals surface area contributed by atoms with E-state index in [1.54, 1.807) is 12.1 Å². The molecule has 0 spiro atoms. The van der Waals surface area contributed by atoms with Gasteiger partial charge >= 0.3 is 0 Å². The van der Waals surface area contributed by atoms with Crippen LogP contribution in [0.25, 0.3) is 0 Å². The van der Waals surface area contributed by atoms with Crippen LogP contribution >= 0.6 is 0 Å². The molecule has 1 aliphatic rings. The first-order chi connectivity index (χ1) is 9.08. The molecular formula is C14H20N2O3. The molecule has 1 aromatic carbocycles. The second-order valence-corrected chi connectivity index (χ2v) is 5.27. The predicted octanol–water partition coefficient (Wildman–Crippen LogP) is 1.84. The van der Waals surface area contributed by atoms with Gasteiger partial charge in [-0.1, -0.05) is 25.1 Å². The zero-order valence-electron chi connectivity index (χ0n) is 11.2. The highest BCUT2D eigenvalue weighted by molar-refractivity contribution is 5.39. The van der Waals surface area contributed by atoms with Crippen LogP contribution in [0.5, 0.6) is 0 Å². The summed E-state index contributed by atoms with van der Waals surface area (Å²) in [5, 5.41) is 20.6. The van der Waals surface area contributed by atoms with Gasteiger partial charge in [0.15, 0.2) is 0 Å². The van der Waals surface area contributed by atoms with E-state index in [1.807, 2.05) is 19.1 Å². The van der Waals surface area contributed by atoms with Crippen molar-refractivity contribution in [1.82, 2.24) is 4.90 Å². The SMILES string of the molecule is CC1CN(CCc2ccccc2[N+](=O)[O-])CCC1O. The minimum atomic E-state index is -0.322. The van der Waals surface area contributed by atoms with Gasteiger partial charge in [0.2, 0.25) is 0 Å². The zero-order valence-corrected chi connectivity index (χ0v) is 11.2. The molecule has 0 saturated carbocycles. The molecule has 0 bridgehead atoms. The maximum absolute atomic E-state index is 10.9. The lowest BCUT2D eigenvalue weighted by Crippen LogP contribution is -2.42. The molecule has 0 aliphatic carbocycles. The van der Waals surface area contributed by atoms with E-state index in [0.717, 1.165) is 31.6 Å². The number of benzene rings is 1. The summed E-state index contributed by atoms with van der Waals surface area (Å²) >= 11 is 0. The van der Waals surface area contributed by atoms with E-state index in [9.17, 15) is 15.2 Å². The van der Waals surface area contributed by atoms with Gasteiger partial charge in [0.25, 0.3) is 5.69 Å². The Morgan fingerprint density at radius 2 is 2.21 bits per heavy atom. The highest BCUT2D eigenvalue weighted by atomic mass is 16.6. The van der Waals surface area contributed by atoms with Gasteiger partial charge in [-0.3, -0.25) is 10.1 Å². The van der Waals surface area contributed by atoms with E-state index in [-0.39, 0.29) is 22.6 Å². The van der Waals surface area contributed by atoms with Gasteiger partial charge in [-0.2, -0.15) is 0 Å². The van der Waals surface area contributed by atoms with E-state index in [2.05, 4.69) is 4.90 Å². The van der Waals surface area contributed by atoms with Crippen LogP contribution in [0.2, 0.25) is 0 Å². The molecule has 1 fully saturated rings. The molecule has 1 heterocycles. The molecule has 0 aromatic heterocycles. The fourth-order valence-corrected chi connectivity index (χ4v) is 2.60. The van der Waals surface area contributed by atoms with Crippen molar-refractivity contribution in [3.05, 3.63) is 39.9 Å². The van der Waals surface area contributed by atoms with Crippen molar-refractivity contribution in [2.24, 2.45) is 5.92 Å². The summed E-state index contributed by atoms with van der Waals surface area (Å²) in [5.74, 6) is 0.277. The van der Waals surface area contributed by atoms with E-state index in [0.29, 0.717) is 6.42 Å². The average Bonchev–Trinajstić information content (AvgIpc) is 2.40. The van der Waals surface area contributed by atoms with Gasteiger partial charge in [-0.05, 0) is 18.8 Å². The molecule has 2 rings (SSSR count). The Hall–Kier alpha value is -1.46. The largest absolute Gasteiger partial charge is 0.393 e. The Balaban J connectivity index is 1.94. The van der Waals surface area contributed by atoms with Crippen molar-refractivity contribution >= 4 is 5.69 Å². The maximum atomic E-state index is 10.9. The predicted molar refractivity (Wildman–Crippen MR) is 73.0 cm³/mol. The molecule has 0 radical (unpaired) electrons. The second kappa shape index (κ2) is 6.12. The van der Waals surface area contributed by atoms with Crippen LogP contribution in [-0.2, 0) is 6.42 Å². The number of aliphatic hydroxyl groups is 1. The summed E-state index contributed by atoms with van der Waals surface area (Å²) in [6, 6.07) is 6.91. The Morgan fingerprint density at radius 1 is 1.47 bits per heavy atom. The first kappa shape index (κ1) is 14.0. The number of nitrogens with zero attached hydrogens (tertiary/aromatic N) is 2. The van der Waals surface area contributed by atoms with Crippen molar-refractivity contribution in [2.45, 2.75) is 25.9 Å². The molecular weight excluding hydrogens is 244 g/mol. The number of aliphatic hydroxyl groups excluding tert-OH is 1. The summed E-state index contributed by atoms with van der Waals surface area (Å²) in [6.45, 7) is 4.58. The summed E-state index contributed by atoms with van der Waals surface area (Å²) in [7, 11) is 0. The van der Waals surface area contributed by atoms with Crippen LogP contribution in [0.15, 0.2) is 24.3 Å². The summed E-state index contributed by atoms with van der Waals surface area (Å²) in [6.07, 6.45) is 1.26. The van der Waals surface area contributed by atoms with Crippen LogP contribution in [-0.4, -0.2) is 40.7 Å². The zero-order chi connectivity index (χ0) is 13.8. The molecule has 1 N–H and O–H groups in total. The average molecular weight is 264 g/mol. The number of piperidine rings is 1. The molecule has 5 nitrogen and oxygen atoms in total. The summed E-state index contributed by atoms with van der Waals surface area (Å²) in [4.78, 5) is 12.9. The number of hydrogen-bond acceptors (Lipinski definition) is 4. The number of nitro benzene ring substituents is 1. The lowest BCUT2D eigenvalue weighted by Gasteiger charge is -2.34. The van der Waals surface area contributed by atoms with Crippen molar-refractivity contribution in [3.63, 3.8) is 0 Å². The van der Waals surface area contributed by atoms with Gasteiger partial charge in [0.1, 0.15) is 0 Å². The smallest absolute Gasteiger partial charge is 0.272 e. The molecule has 1 aliphatic heterocycles. The Morgan fingerprint density at radius 3 is 2.89 bits per heavy atom. The number of rotatable bonds is 4. The van der Waals surface area contributed by atoms with Gasteiger partial charge in [0.05, 0.1) is 11.0 Å². The monoisotopic (exact) mass is 264 g/mol. The van der Waals surface area contributed by atoms with Crippen molar-refractivity contribution < 1.29 is 10.0 Å². The third kappa shape index (κ3) is 3.52. The van der Waals surface area contributed by atoms with Gasteiger partial charge in [0, 0.05) is 31.3 Å². The molecule has 1 aromatic rings. The standard InChI is InChI=1S/C14H20N2O3/c1-11-10-15(9-7-14(11)17)8-6-12-4-2-3-5-13(12)16(18)19/h2-5,11,14,17H,6-10H2,1H3. The summed E-state index contributed by atoms with van der Waals surface area (Å²) in [5.41, 5.74) is 0.985.